The predicted molar refractivity (Wildman–Crippen MR) is 84.8 cm³/mol. The second-order valence-electron chi connectivity index (χ2n) is 4.04. The Labute approximate surface area is 129 Å². The van der Waals surface area contributed by atoms with E-state index in [0.29, 0.717) is 5.56 Å². The van der Waals surface area contributed by atoms with Gasteiger partial charge in [-0.1, -0.05) is 6.08 Å². The number of hydrogen-bond donors (Lipinski definition) is 2. The number of amidine groups is 1. The van der Waals surface area contributed by atoms with E-state index < -0.39 is 10.0 Å². The van der Waals surface area contributed by atoms with Gasteiger partial charge in [0.1, 0.15) is 0 Å². The molecule has 2 N–H and O–H groups in total. The van der Waals surface area contributed by atoms with Crippen molar-refractivity contribution in [3.05, 3.63) is 42.7 Å². The van der Waals surface area contributed by atoms with E-state index in [2.05, 4.69) is 32.5 Å². The average Bonchev–Trinajstić information content (AvgIpc) is 2.50. The van der Waals surface area contributed by atoms with Gasteiger partial charge in [0.15, 0.2) is 5.84 Å². The van der Waals surface area contributed by atoms with Crippen LogP contribution in [0.1, 0.15) is 10.4 Å². The van der Waals surface area contributed by atoms with Gasteiger partial charge in [0, 0.05) is 24.5 Å². The minimum atomic E-state index is -3.58. The normalized spacial score (nSPS) is 11.3. The first-order chi connectivity index (χ1) is 10.5. The van der Waals surface area contributed by atoms with Gasteiger partial charge >= 0.3 is 0 Å². The van der Waals surface area contributed by atoms with Gasteiger partial charge in [0.05, 0.1) is 12.3 Å². The fourth-order valence-corrected chi connectivity index (χ4v) is 2.21. The van der Waals surface area contributed by atoms with E-state index >= 15 is 0 Å². The van der Waals surface area contributed by atoms with Gasteiger partial charge in [-0.2, -0.15) is 0 Å². The topological polar surface area (TPSA) is 101 Å². The Kier molecular flexibility index (Phi) is 6.79. The van der Waals surface area contributed by atoms with Crippen LogP contribution in [-0.2, 0) is 10.0 Å². The van der Waals surface area contributed by atoms with Crippen LogP contribution in [0.25, 0.3) is 0 Å². The van der Waals surface area contributed by atoms with E-state index in [1.165, 1.54) is 18.5 Å². The number of nitrogens with zero attached hydrogens (tertiary/aromatic N) is 2. The van der Waals surface area contributed by atoms with Crippen molar-refractivity contribution >= 4 is 21.8 Å². The summed E-state index contributed by atoms with van der Waals surface area (Å²) in [5, 5.41) is 2.63. The Morgan fingerprint density at radius 2 is 2.14 bits per heavy atom. The van der Waals surface area contributed by atoms with Crippen molar-refractivity contribution < 1.29 is 13.2 Å². The lowest BCUT2D eigenvalue weighted by Crippen LogP contribution is -2.32. The molecule has 1 amide bonds. The maximum absolute atomic E-state index is 11.7. The molecule has 0 aliphatic heterocycles. The molecule has 1 rings (SSSR count). The van der Waals surface area contributed by atoms with Gasteiger partial charge in [-0.3, -0.25) is 19.5 Å². The lowest BCUT2D eigenvalue weighted by Gasteiger charge is -2.05. The molecule has 0 atom stereocenters. The van der Waals surface area contributed by atoms with Crippen LogP contribution < -0.4 is 10.0 Å². The van der Waals surface area contributed by atoms with Gasteiger partial charge in [0.2, 0.25) is 10.0 Å². The Morgan fingerprint density at radius 1 is 1.45 bits per heavy atom. The van der Waals surface area contributed by atoms with Gasteiger partial charge < -0.3 is 5.32 Å². The Bertz CT molecular complexity index is 691. The molecule has 22 heavy (non-hydrogen) atoms. The van der Waals surface area contributed by atoms with Crippen LogP contribution in [0, 0.1) is 12.3 Å². The number of sulfonamides is 1. The molecule has 0 spiro atoms. The minimum Gasteiger partial charge on any atom is -0.350 e. The van der Waals surface area contributed by atoms with E-state index in [9.17, 15) is 13.2 Å². The highest BCUT2D eigenvalue weighted by molar-refractivity contribution is 7.90. The molecular formula is C14H16N4O3S. The van der Waals surface area contributed by atoms with Crippen molar-refractivity contribution in [2.75, 3.05) is 18.8 Å². The zero-order valence-corrected chi connectivity index (χ0v) is 12.6. The molecule has 0 radical (unpaired) electrons. The zero-order chi connectivity index (χ0) is 16.4. The summed E-state index contributed by atoms with van der Waals surface area (Å²) in [6.45, 7) is 3.70. The van der Waals surface area contributed by atoms with Crippen molar-refractivity contribution in [2.45, 2.75) is 0 Å². The van der Waals surface area contributed by atoms with Gasteiger partial charge in [-0.05, 0) is 18.1 Å². The van der Waals surface area contributed by atoms with E-state index in [-0.39, 0.29) is 30.6 Å². The minimum absolute atomic E-state index is 0.111. The lowest BCUT2D eigenvalue weighted by atomic mass is 10.2. The molecule has 8 heteroatoms. The van der Waals surface area contributed by atoms with Crippen LogP contribution in [0.3, 0.4) is 0 Å². The molecular weight excluding hydrogens is 304 g/mol. The standard InChI is InChI=1S/C14H16N4O3S/c1-3-11-22(20,21)18-13(4-2)16-9-10-17-14(19)12-5-7-15-8-6-12/h2-3,5-8H,1,9-11H2,(H,16,18)(H,17,19). The maximum atomic E-state index is 11.7. The van der Waals surface area contributed by atoms with Crippen molar-refractivity contribution in [3.8, 4) is 12.3 Å². The molecule has 0 fully saturated rings. The molecule has 1 heterocycles. The molecule has 0 bridgehead atoms. The number of hydrogen-bond acceptors (Lipinski definition) is 5. The fourth-order valence-electron chi connectivity index (χ4n) is 1.39. The highest BCUT2D eigenvalue weighted by Gasteiger charge is 2.09. The molecule has 1 aromatic heterocycles. The number of pyridine rings is 1. The monoisotopic (exact) mass is 320 g/mol. The fraction of sp³-hybridized carbons (Fsp3) is 0.214. The second-order valence-corrected chi connectivity index (χ2v) is 5.81. The molecule has 0 aliphatic carbocycles. The van der Waals surface area contributed by atoms with Gasteiger partial charge in [-0.15, -0.1) is 13.0 Å². The average molecular weight is 320 g/mol. The van der Waals surface area contributed by atoms with Crippen molar-refractivity contribution in [1.29, 1.82) is 0 Å². The first kappa shape index (κ1) is 17.4. The number of aromatic nitrogens is 1. The van der Waals surface area contributed by atoms with Crippen LogP contribution in [0.4, 0.5) is 0 Å². The largest absolute Gasteiger partial charge is 0.350 e. The second kappa shape index (κ2) is 8.59. The Balaban J connectivity index is 2.48. The summed E-state index contributed by atoms with van der Waals surface area (Å²) in [7, 11) is -3.58. The molecule has 0 saturated carbocycles. The SMILES string of the molecule is C#CC(=NCCNC(=O)c1ccncc1)NS(=O)(=O)CC=C. The summed E-state index contributed by atoms with van der Waals surface area (Å²) in [6, 6.07) is 3.16. The van der Waals surface area contributed by atoms with E-state index in [0.717, 1.165) is 0 Å². The highest BCUT2D eigenvalue weighted by Crippen LogP contribution is 1.95. The van der Waals surface area contributed by atoms with Gasteiger partial charge in [-0.25, -0.2) is 8.42 Å². The first-order valence-electron chi connectivity index (χ1n) is 6.29. The number of carbonyl (C=O) groups excluding carboxylic acids is 1. The number of terminal acetylenes is 1. The molecule has 7 nitrogen and oxygen atoms in total. The first-order valence-corrected chi connectivity index (χ1v) is 7.94. The predicted octanol–water partition coefficient (Wildman–Crippen LogP) is -0.0515. The third kappa shape index (κ3) is 6.19. The van der Waals surface area contributed by atoms with Crippen LogP contribution in [0.15, 0.2) is 42.2 Å². The van der Waals surface area contributed by atoms with E-state index in [1.807, 2.05) is 0 Å². The number of nitrogens with one attached hydrogen (secondary N) is 2. The van der Waals surface area contributed by atoms with Crippen molar-refractivity contribution in [1.82, 2.24) is 15.0 Å². The Hall–Kier alpha value is -2.66. The van der Waals surface area contributed by atoms with Crippen LogP contribution >= 0.6 is 0 Å². The summed E-state index contributed by atoms with van der Waals surface area (Å²) in [6.07, 6.45) is 9.45. The summed E-state index contributed by atoms with van der Waals surface area (Å²) >= 11 is 0. The summed E-state index contributed by atoms with van der Waals surface area (Å²) in [5.41, 5.74) is 0.475. The summed E-state index contributed by atoms with van der Waals surface area (Å²) < 4.78 is 25.1. The summed E-state index contributed by atoms with van der Waals surface area (Å²) in [5.74, 6) is 1.50. The number of aliphatic imine (C=N–C) groups is 1. The molecule has 0 aliphatic rings. The molecule has 0 unspecified atom stereocenters. The van der Waals surface area contributed by atoms with Crippen LogP contribution in [-0.4, -0.2) is 44.0 Å². The highest BCUT2D eigenvalue weighted by atomic mass is 32.2. The third-order valence-corrected chi connectivity index (χ3v) is 3.51. The van der Waals surface area contributed by atoms with E-state index in [1.54, 1.807) is 12.1 Å². The summed E-state index contributed by atoms with van der Waals surface area (Å²) in [4.78, 5) is 19.4. The van der Waals surface area contributed by atoms with E-state index in [4.69, 9.17) is 6.42 Å². The molecule has 0 aromatic carbocycles. The smallest absolute Gasteiger partial charge is 0.251 e. The number of rotatable bonds is 7. The number of amides is 1. The van der Waals surface area contributed by atoms with Crippen LogP contribution in [0.2, 0.25) is 0 Å². The molecule has 116 valence electrons. The van der Waals surface area contributed by atoms with Crippen molar-refractivity contribution in [2.24, 2.45) is 4.99 Å². The maximum Gasteiger partial charge on any atom is 0.251 e. The Morgan fingerprint density at radius 3 is 2.73 bits per heavy atom. The molecule has 1 aromatic rings. The van der Waals surface area contributed by atoms with Crippen LogP contribution in [0.5, 0.6) is 0 Å². The van der Waals surface area contributed by atoms with Gasteiger partial charge in [0.25, 0.3) is 5.91 Å². The quantitative estimate of drug-likeness (QED) is 0.242. The zero-order valence-electron chi connectivity index (χ0n) is 11.8. The molecule has 0 saturated heterocycles. The lowest BCUT2D eigenvalue weighted by molar-refractivity contribution is 0.0954. The van der Waals surface area contributed by atoms with Crippen molar-refractivity contribution in [3.63, 3.8) is 0 Å². The number of carbonyl (C=O) groups is 1. The third-order valence-electron chi connectivity index (χ3n) is 2.34.